The predicted octanol–water partition coefficient (Wildman–Crippen LogP) is 3.18. The number of nitrogens with zero attached hydrogens (tertiary/aromatic N) is 1. The van der Waals surface area contributed by atoms with Gasteiger partial charge in [0.05, 0.1) is 10.6 Å². The molecule has 2 fully saturated rings. The average molecular weight is 436 g/mol. The average Bonchev–Trinajstić information content (AvgIpc) is 3.02. The van der Waals surface area contributed by atoms with Crippen LogP contribution in [0, 0.1) is 6.92 Å². The van der Waals surface area contributed by atoms with E-state index in [2.05, 4.69) is 10.0 Å². The third-order valence-electron chi connectivity index (χ3n) is 5.61. The van der Waals surface area contributed by atoms with Crippen LogP contribution in [0.4, 0.5) is 5.69 Å². The molecule has 0 saturated carbocycles. The molecule has 2 unspecified atom stereocenters. The first-order chi connectivity index (χ1) is 13.4. The summed E-state index contributed by atoms with van der Waals surface area (Å²) >= 11 is 0. The standard InChI is InChI=1S/C21H25N3O3S.ClH/c1-15-4-2-3-5-20(15)23-28(26,27)19-10-6-16(7-11-19)21(25)24-13-12-17-8-9-18(14-24)22-17;/h2-7,10-11,17-18,22-23H,8-9,12-14H2,1H3;1H. The first kappa shape index (κ1) is 21.6. The SMILES string of the molecule is Cc1ccccc1NS(=O)(=O)c1ccc(C(=O)N2CCC3CCC(C2)N3)cc1.Cl. The monoisotopic (exact) mass is 435 g/mol. The number of anilines is 1. The van der Waals surface area contributed by atoms with E-state index < -0.39 is 10.0 Å². The lowest BCUT2D eigenvalue weighted by Gasteiger charge is -2.24. The first-order valence-electron chi connectivity index (χ1n) is 9.66. The molecule has 29 heavy (non-hydrogen) atoms. The lowest BCUT2D eigenvalue weighted by molar-refractivity contribution is 0.0748. The second-order valence-electron chi connectivity index (χ2n) is 7.62. The van der Waals surface area contributed by atoms with Gasteiger partial charge in [0.15, 0.2) is 0 Å². The highest BCUT2D eigenvalue weighted by atomic mass is 35.5. The van der Waals surface area contributed by atoms with Crippen molar-refractivity contribution in [1.82, 2.24) is 10.2 Å². The third-order valence-corrected chi connectivity index (χ3v) is 6.99. The molecule has 2 aliphatic rings. The molecule has 8 heteroatoms. The number of fused-ring (bicyclic) bond motifs is 2. The van der Waals surface area contributed by atoms with Crippen LogP contribution in [-0.2, 0) is 10.0 Å². The van der Waals surface area contributed by atoms with Gasteiger partial charge in [-0.15, -0.1) is 12.4 Å². The molecule has 2 atom stereocenters. The maximum Gasteiger partial charge on any atom is 0.261 e. The summed E-state index contributed by atoms with van der Waals surface area (Å²) in [5.41, 5.74) is 1.92. The number of benzene rings is 2. The van der Waals surface area contributed by atoms with E-state index in [0.717, 1.165) is 24.9 Å². The molecule has 0 aromatic heterocycles. The normalized spacial score (nSPS) is 21.2. The Balaban J connectivity index is 0.00000240. The summed E-state index contributed by atoms with van der Waals surface area (Å²) in [6.45, 7) is 3.30. The molecule has 2 aromatic rings. The van der Waals surface area contributed by atoms with Crippen LogP contribution in [0.1, 0.15) is 35.2 Å². The number of carbonyl (C=O) groups is 1. The van der Waals surface area contributed by atoms with Crippen LogP contribution in [0.3, 0.4) is 0 Å². The van der Waals surface area contributed by atoms with Crippen molar-refractivity contribution in [2.24, 2.45) is 0 Å². The van der Waals surface area contributed by atoms with Gasteiger partial charge in [0.1, 0.15) is 0 Å². The van der Waals surface area contributed by atoms with Gasteiger partial charge in [-0.3, -0.25) is 9.52 Å². The van der Waals surface area contributed by atoms with Crippen molar-refractivity contribution in [3.05, 3.63) is 59.7 Å². The second kappa shape index (κ2) is 8.73. The molecular weight excluding hydrogens is 410 g/mol. The van der Waals surface area contributed by atoms with E-state index in [1.165, 1.54) is 18.6 Å². The van der Waals surface area contributed by atoms with Crippen molar-refractivity contribution in [3.8, 4) is 0 Å². The number of likely N-dealkylation sites (tertiary alicyclic amines) is 1. The molecule has 6 nitrogen and oxygen atoms in total. The molecule has 2 aliphatic heterocycles. The molecule has 0 aliphatic carbocycles. The van der Waals surface area contributed by atoms with Crippen LogP contribution in [0.15, 0.2) is 53.4 Å². The number of rotatable bonds is 4. The minimum Gasteiger partial charge on any atom is -0.337 e. The molecule has 2 heterocycles. The van der Waals surface area contributed by atoms with Crippen LogP contribution in [0.5, 0.6) is 0 Å². The number of para-hydroxylation sites is 1. The number of nitrogens with one attached hydrogen (secondary N) is 2. The lowest BCUT2D eigenvalue weighted by atomic mass is 10.1. The molecule has 0 radical (unpaired) electrons. The number of carbonyl (C=O) groups excluding carboxylic acids is 1. The molecular formula is C21H26ClN3O3S. The Bertz CT molecular complexity index is 979. The van der Waals surface area contributed by atoms with E-state index in [9.17, 15) is 13.2 Å². The van der Waals surface area contributed by atoms with E-state index >= 15 is 0 Å². The fourth-order valence-corrected chi connectivity index (χ4v) is 5.11. The Morgan fingerprint density at radius 2 is 1.72 bits per heavy atom. The van der Waals surface area contributed by atoms with Crippen molar-refractivity contribution in [2.45, 2.75) is 43.2 Å². The molecule has 1 amide bonds. The zero-order valence-corrected chi connectivity index (χ0v) is 17.9. The van der Waals surface area contributed by atoms with Gasteiger partial charge in [-0.1, -0.05) is 18.2 Å². The van der Waals surface area contributed by atoms with Gasteiger partial charge in [0, 0.05) is 30.7 Å². The zero-order valence-electron chi connectivity index (χ0n) is 16.3. The summed E-state index contributed by atoms with van der Waals surface area (Å²) in [5.74, 6) is -0.0369. The molecule has 4 rings (SSSR count). The number of sulfonamides is 1. The van der Waals surface area contributed by atoms with Crippen LogP contribution in [0.25, 0.3) is 0 Å². The maximum absolute atomic E-state index is 12.9. The summed E-state index contributed by atoms with van der Waals surface area (Å²) in [4.78, 5) is 14.9. The van der Waals surface area contributed by atoms with Crippen molar-refractivity contribution in [3.63, 3.8) is 0 Å². The zero-order chi connectivity index (χ0) is 19.7. The number of hydrogen-bond donors (Lipinski definition) is 2. The van der Waals surface area contributed by atoms with Crippen molar-refractivity contribution in [2.75, 3.05) is 17.8 Å². The fourth-order valence-electron chi connectivity index (χ4n) is 3.98. The van der Waals surface area contributed by atoms with E-state index in [-0.39, 0.29) is 23.2 Å². The highest BCUT2D eigenvalue weighted by Gasteiger charge is 2.31. The fraction of sp³-hybridized carbons (Fsp3) is 0.381. The third kappa shape index (κ3) is 4.74. The summed E-state index contributed by atoms with van der Waals surface area (Å²) in [6, 6.07) is 14.3. The highest BCUT2D eigenvalue weighted by Crippen LogP contribution is 2.23. The van der Waals surface area contributed by atoms with E-state index in [4.69, 9.17) is 0 Å². The first-order valence-corrected chi connectivity index (χ1v) is 11.1. The smallest absolute Gasteiger partial charge is 0.261 e. The topological polar surface area (TPSA) is 78.5 Å². The van der Waals surface area contributed by atoms with Gasteiger partial charge in [-0.25, -0.2) is 8.42 Å². The van der Waals surface area contributed by atoms with Gasteiger partial charge in [0.25, 0.3) is 15.9 Å². The van der Waals surface area contributed by atoms with Gasteiger partial charge in [0.2, 0.25) is 0 Å². The van der Waals surface area contributed by atoms with Crippen molar-refractivity contribution < 1.29 is 13.2 Å². The molecule has 2 bridgehead atoms. The Kier molecular flexibility index (Phi) is 6.51. The van der Waals surface area contributed by atoms with Crippen LogP contribution in [0.2, 0.25) is 0 Å². The Labute approximate surface area is 178 Å². The maximum atomic E-state index is 12.9. The molecule has 2 N–H and O–H groups in total. The Morgan fingerprint density at radius 3 is 2.45 bits per heavy atom. The minimum atomic E-state index is -3.70. The largest absolute Gasteiger partial charge is 0.337 e. The summed E-state index contributed by atoms with van der Waals surface area (Å²) in [7, 11) is -3.70. The van der Waals surface area contributed by atoms with Crippen LogP contribution in [-0.4, -0.2) is 44.4 Å². The number of halogens is 1. The van der Waals surface area contributed by atoms with Gasteiger partial charge in [-0.05, 0) is 62.1 Å². The lowest BCUT2D eigenvalue weighted by Crippen LogP contribution is -2.39. The van der Waals surface area contributed by atoms with Crippen molar-refractivity contribution in [1.29, 1.82) is 0 Å². The Morgan fingerprint density at radius 1 is 1.03 bits per heavy atom. The predicted molar refractivity (Wildman–Crippen MR) is 116 cm³/mol. The molecule has 2 aromatic carbocycles. The molecule has 0 spiro atoms. The van der Waals surface area contributed by atoms with Crippen LogP contribution >= 0.6 is 12.4 Å². The van der Waals surface area contributed by atoms with Crippen LogP contribution < -0.4 is 10.0 Å². The quantitative estimate of drug-likeness (QED) is 0.773. The van der Waals surface area contributed by atoms with Gasteiger partial charge in [-0.2, -0.15) is 0 Å². The molecule has 156 valence electrons. The summed E-state index contributed by atoms with van der Waals surface area (Å²) in [6.07, 6.45) is 3.26. The Hall–Kier alpha value is -2.09. The number of aryl methyl sites for hydroxylation is 1. The minimum absolute atomic E-state index is 0. The van der Waals surface area contributed by atoms with E-state index in [1.54, 1.807) is 24.3 Å². The molecule has 2 saturated heterocycles. The second-order valence-corrected chi connectivity index (χ2v) is 9.30. The van der Waals surface area contributed by atoms with E-state index in [1.807, 2.05) is 24.0 Å². The summed E-state index contributed by atoms with van der Waals surface area (Å²) in [5, 5.41) is 3.56. The number of hydrogen-bond acceptors (Lipinski definition) is 4. The summed E-state index contributed by atoms with van der Waals surface area (Å²) < 4.78 is 27.9. The van der Waals surface area contributed by atoms with E-state index in [0.29, 0.717) is 29.9 Å². The van der Waals surface area contributed by atoms with Crippen molar-refractivity contribution >= 4 is 34.0 Å². The highest BCUT2D eigenvalue weighted by molar-refractivity contribution is 7.92. The number of amides is 1. The van der Waals surface area contributed by atoms with Gasteiger partial charge < -0.3 is 10.2 Å². The van der Waals surface area contributed by atoms with Gasteiger partial charge >= 0.3 is 0 Å².